The van der Waals surface area contributed by atoms with Crippen LogP contribution in [-0.2, 0) is 6.54 Å². The number of carbonyl (C=O) groups is 1. The van der Waals surface area contributed by atoms with Crippen molar-refractivity contribution in [2.24, 2.45) is 0 Å². The maximum atomic E-state index is 12.9. The van der Waals surface area contributed by atoms with Gasteiger partial charge in [0.25, 0.3) is 5.91 Å². The largest absolute Gasteiger partial charge is 0.330 e. The lowest BCUT2D eigenvalue weighted by atomic mass is 10.0. The number of hydrogen-bond donors (Lipinski definition) is 1. The van der Waals surface area contributed by atoms with E-state index in [1.165, 1.54) is 0 Å². The van der Waals surface area contributed by atoms with E-state index in [0.29, 0.717) is 11.5 Å². The van der Waals surface area contributed by atoms with Crippen molar-refractivity contribution in [3.63, 3.8) is 0 Å². The Hall–Kier alpha value is -3.40. The third-order valence-electron chi connectivity index (χ3n) is 4.84. The summed E-state index contributed by atoms with van der Waals surface area (Å²) in [5.41, 5.74) is 2.59. The first-order valence-corrected chi connectivity index (χ1v) is 9.51. The minimum absolute atomic E-state index is 0.0977. The fourth-order valence-corrected chi connectivity index (χ4v) is 3.52. The zero-order chi connectivity index (χ0) is 19.5. The van der Waals surface area contributed by atoms with Crippen molar-refractivity contribution in [1.82, 2.24) is 9.55 Å². The summed E-state index contributed by atoms with van der Waals surface area (Å²) in [4.78, 5) is 17.3. The Kier molecular flexibility index (Phi) is 4.94. The minimum Gasteiger partial charge on any atom is -0.330 e. The number of rotatable bonds is 5. The summed E-state index contributed by atoms with van der Waals surface area (Å²) in [7, 11) is 0. The molecule has 0 atom stereocenters. The second-order valence-electron chi connectivity index (χ2n) is 7.25. The van der Waals surface area contributed by atoms with Gasteiger partial charge in [0.05, 0.1) is 0 Å². The molecule has 1 aromatic heterocycles. The van der Waals surface area contributed by atoms with Gasteiger partial charge < -0.3 is 9.88 Å². The Bertz CT molecular complexity index is 1120. The number of hydrogen-bond acceptors (Lipinski definition) is 2. The molecule has 0 aliphatic carbocycles. The van der Waals surface area contributed by atoms with Gasteiger partial charge in [-0.1, -0.05) is 62.4 Å². The predicted octanol–water partition coefficient (Wildman–Crippen LogP) is 5.46. The summed E-state index contributed by atoms with van der Waals surface area (Å²) in [5, 5.41) is 5.06. The quantitative estimate of drug-likeness (QED) is 0.508. The molecule has 3 aromatic carbocycles. The van der Waals surface area contributed by atoms with Crippen molar-refractivity contribution in [2.45, 2.75) is 26.3 Å². The number of fused-ring (bicyclic) bond motifs is 1. The molecule has 0 unspecified atom stereocenters. The SMILES string of the molecule is CC(C)c1nccn1Cc1cccc(NC(=O)c2cccc3ccccc23)c1. The number of benzene rings is 3. The smallest absolute Gasteiger partial charge is 0.256 e. The topological polar surface area (TPSA) is 46.9 Å². The summed E-state index contributed by atoms with van der Waals surface area (Å²) in [6.07, 6.45) is 3.83. The first-order valence-electron chi connectivity index (χ1n) is 9.51. The van der Waals surface area contributed by atoms with E-state index >= 15 is 0 Å². The third-order valence-corrected chi connectivity index (χ3v) is 4.84. The molecule has 4 aromatic rings. The molecule has 4 nitrogen and oxygen atoms in total. The summed E-state index contributed by atoms with van der Waals surface area (Å²) in [6, 6.07) is 21.7. The van der Waals surface area contributed by atoms with E-state index < -0.39 is 0 Å². The first-order chi connectivity index (χ1) is 13.6. The van der Waals surface area contributed by atoms with Crippen LogP contribution in [0.1, 0.15) is 41.5 Å². The van der Waals surface area contributed by atoms with Crippen LogP contribution in [0, 0.1) is 0 Å². The van der Waals surface area contributed by atoms with Crippen molar-refractivity contribution < 1.29 is 4.79 Å². The first kappa shape index (κ1) is 18.0. The molecule has 140 valence electrons. The molecule has 1 N–H and O–H groups in total. The van der Waals surface area contributed by atoms with Crippen molar-refractivity contribution in [3.8, 4) is 0 Å². The highest BCUT2D eigenvalue weighted by Crippen LogP contribution is 2.21. The minimum atomic E-state index is -0.0977. The summed E-state index contributed by atoms with van der Waals surface area (Å²) >= 11 is 0. The van der Waals surface area contributed by atoms with Gasteiger partial charge in [0.15, 0.2) is 0 Å². The van der Waals surface area contributed by atoms with E-state index in [0.717, 1.165) is 34.4 Å². The van der Waals surface area contributed by atoms with Gasteiger partial charge in [-0.15, -0.1) is 0 Å². The van der Waals surface area contributed by atoms with Gasteiger partial charge in [-0.05, 0) is 34.5 Å². The molecule has 0 saturated heterocycles. The van der Waals surface area contributed by atoms with Gasteiger partial charge in [-0.2, -0.15) is 0 Å². The monoisotopic (exact) mass is 369 g/mol. The van der Waals surface area contributed by atoms with Crippen LogP contribution in [0.3, 0.4) is 0 Å². The highest BCUT2D eigenvalue weighted by atomic mass is 16.1. The molecule has 0 fully saturated rings. The Morgan fingerprint density at radius 2 is 1.82 bits per heavy atom. The van der Waals surface area contributed by atoms with Crippen LogP contribution < -0.4 is 5.32 Å². The van der Waals surface area contributed by atoms with Crippen molar-refractivity contribution >= 4 is 22.4 Å². The van der Waals surface area contributed by atoms with Gasteiger partial charge in [0.1, 0.15) is 5.82 Å². The van der Waals surface area contributed by atoms with Gasteiger partial charge in [-0.25, -0.2) is 4.98 Å². The number of carbonyl (C=O) groups excluding carboxylic acids is 1. The highest BCUT2D eigenvalue weighted by molar-refractivity contribution is 6.12. The molecule has 4 rings (SSSR count). The lowest BCUT2D eigenvalue weighted by molar-refractivity contribution is 0.102. The predicted molar refractivity (Wildman–Crippen MR) is 114 cm³/mol. The maximum Gasteiger partial charge on any atom is 0.256 e. The van der Waals surface area contributed by atoms with Crippen molar-refractivity contribution in [1.29, 1.82) is 0 Å². The van der Waals surface area contributed by atoms with Gasteiger partial charge in [0.2, 0.25) is 0 Å². The van der Waals surface area contributed by atoms with Crippen molar-refractivity contribution in [2.75, 3.05) is 5.32 Å². The van der Waals surface area contributed by atoms with Crippen LogP contribution in [0.5, 0.6) is 0 Å². The second kappa shape index (κ2) is 7.69. The number of anilines is 1. The Balaban J connectivity index is 1.56. The number of aromatic nitrogens is 2. The van der Waals surface area contributed by atoms with Crippen LogP contribution >= 0.6 is 0 Å². The molecule has 28 heavy (non-hydrogen) atoms. The highest BCUT2D eigenvalue weighted by Gasteiger charge is 2.11. The lowest BCUT2D eigenvalue weighted by Crippen LogP contribution is -2.13. The molecule has 1 amide bonds. The van der Waals surface area contributed by atoms with Crippen LogP contribution in [0.4, 0.5) is 5.69 Å². The molecular weight excluding hydrogens is 346 g/mol. The Labute approximate surface area is 164 Å². The molecule has 0 saturated carbocycles. The molecule has 0 aliphatic rings. The molecule has 0 aliphatic heterocycles. The average Bonchev–Trinajstić information content (AvgIpc) is 3.16. The maximum absolute atomic E-state index is 12.9. The van der Waals surface area contributed by atoms with Gasteiger partial charge in [0, 0.05) is 36.1 Å². The van der Waals surface area contributed by atoms with E-state index in [1.807, 2.05) is 73.1 Å². The summed E-state index contributed by atoms with van der Waals surface area (Å²) in [6.45, 7) is 5.00. The van der Waals surface area contributed by atoms with E-state index in [9.17, 15) is 4.79 Å². The number of nitrogens with one attached hydrogen (secondary N) is 1. The van der Waals surface area contributed by atoms with E-state index in [1.54, 1.807) is 0 Å². The van der Waals surface area contributed by atoms with Gasteiger partial charge >= 0.3 is 0 Å². The average molecular weight is 369 g/mol. The van der Waals surface area contributed by atoms with E-state index in [-0.39, 0.29) is 5.91 Å². The van der Waals surface area contributed by atoms with E-state index in [2.05, 4.69) is 34.8 Å². The summed E-state index contributed by atoms with van der Waals surface area (Å²) in [5.74, 6) is 1.33. The normalized spacial score (nSPS) is 11.1. The molecule has 0 radical (unpaired) electrons. The zero-order valence-corrected chi connectivity index (χ0v) is 16.1. The van der Waals surface area contributed by atoms with Crippen LogP contribution in [0.25, 0.3) is 10.8 Å². The standard InChI is InChI=1S/C24H23N3O/c1-17(2)23-25-13-14-27(23)16-18-7-5-10-20(15-18)26-24(28)22-12-6-9-19-8-3-4-11-21(19)22/h3-15,17H,16H2,1-2H3,(H,26,28). The van der Waals surface area contributed by atoms with Crippen LogP contribution in [0.2, 0.25) is 0 Å². The van der Waals surface area contributed by atoms with Gasteiger partial charge in [-0.3, -0.25) is 4.79 Å². The lowest BCUT2D eigenvalue weighted by Gasteiger charge is -2.12. The number of nitrogens with zero attached hydrogens (tertiary/aromatic N) is 2. The van der Waals surface area contributed by atoms with Crippen LogP contribution in [-0.4, -0.2) is 15.5 Å². The second-order valence-corrected chi connectivity index (χ2v) is 7.25. The third kappa shape index (κ3) is 3.67. The van der Waals surface area contributed by atoms with E-state index in [4.69, 9.17) is 0 Å². The fourth-order valence-electron chi connectivity index (χ4n) is 3.52. The Morgan fingerprint density at radius 1 is 1.04 bits per heavy atom. The summed E-state index contributed by atoms with van der Waals surface area (Å²) < 4.78 is 2.15. The molecule has 0 bridgehead atoms. The Morgan fingerprint density at radius 3 is 2.68 bits per heavy atom. The molecule has 0 spiro atoms. The van der Waals surface area contributed by atoms with Crippen molar-refractivity contribution in [3.05, 3.63) is 96.1 Å². The van der Waals surface area contributed by atoms with Crippen LogP contribution in [0.15, 0.2) is 79.1 Å². The molecule has 4 heteroatoms. The number of amides is 1. The zero-order valence-electron chi connectivity index (χ0n) is 16.1. The fraction of sp³-hybridized carbons (Fsp3) is 0.167. The number of imidazole rings is 1. The molecular formula is C24H23N3O. The molecule has 1 heterocycles.